The van der Waals surface area contributed by atoms with Crippen LogP contribution in [0.25, 0.3) is 0 Å². The number of hydrogen-bond donors (Lipinski definition) is 0. The Hall–Kier alpha value is -0.570. The first-order chi connectivity index (χ1) is 8.04. The third-order valence-corrected chi connectivity index (χ3v) is 4.90. The summed E-state index contributed by atoms with van der Waals surface area (Å²) in [6.07, 6.45) is 4.13. The lowest BCUT2D eigenvalue weighted by atomic mass is 9.67. The van der Waals surface area contributed by atoms with Crippen LogP contribution in [0.5, 0.6) is 0 Å². The molecule has 3 nitrogen and oxygen atoms in total. The highest BCUT2D eigenvalue weighted by atomic mass is 16.7. The Kier molecular flexibility index (Phi) is 3.23. The van der Waals surface area contributed by atoms with E-state index in [1.54, 1.807) is 0 Å². The van der Waals surface area contributed by atoms with Crippen molar-refractivity contribution < 1.29 is 14.3 Å². The van der Waals surface area contributed by atoms with Crippen LogP contribution in [0.2, 0.25) is 0 Å². The maximum absolute atomic E-state index is 12.1. The maximum atomic E-state index is 12.1. The van der Waals surface area contributed by atoms with Gasteiger partial charge in [0.05, 0.1) is 6.61 Å². The van der Waals surface area contributed by atoms with Gasteiger partial charge in [-0.05, 0) is 31.6 Å². The molecule has 4 unspecified atom stereocenters. The molecule has 0 bridgehead atoms. The number of ether oxygens (including phenoxy) is 2. The second-order valence-corrected chi connectivity index (χ2v) is 5.55. The van der Waals surface area contributed by atoms with Gasteiger partial charge in [0.1, 0.15) is 5.60 Å². The van der Waals surface area contributed by atoms with E-state index in [0.29, 0.717) is 18.4 Å². The van der Waals surface area contributed by atoms with Crippen molar-refractivity contribution in [1.29, 1.82) is 0 Å². The molecule has 0 aromatic rings. The van der Waals surface area contributed by atoms with Gasteiger partial charge in [-0.1, -0.05) is 33.6 Å². The molecule has 4 atom stereocenters. The van der Waals surface area contributed by atoms with Crippen LogP contribution in [-0.4, -0.2) is 23.8 Å². The van der Waals surface area contributed by atoms with Crippen LogP contribution < -0.4 is 0 Å². The molecular formula is C14H24O3. The predicted molar refractivity (Wildman–Crippen MR) is 65.7 cm³/mol. The Morgan fingerprint density at radius 1 is 1.41 bits per heavy atom. The highest BCUT2D eigenvalue weighted by Crippen LogP contribution is 2.62. The molecule has 98 valence electrons. The summed E-state index contributed by atoms with van der Waals surface area (Å²) in [6, 6.07) is 0. The summed E-state index contributed by atoms with van der Waals surface area (Å²) in [4.78, 5) is 12.1. The molecule has 0 radical (unpaired) electrons. The second kappa shape index (κ2) is 4.27. The quantitative estimate of drug-likeness (QED) is 0.562. The number of epoxide rings is 1. The van der Waals surface area contributed by atoms with Crippen molar-refractivity contribution in [1.82, 2.24) is 0 Å². The van der Waals surface area contributed by atoms with Gasteiger partial charge < -0.3 is 9.47 Å². The molecule has 0 aromatic heterocycles. The number of hydrogen-bond acceptors (Lipinski definition) is 3. The number of rotatable bonds is 3. The number of esters is 1. The first-order valence-electron chi connectivity index (χ1n) is 6.91. The van der Waals surface area contributed by atoms with Crippen molar-refractivity contribution in [3.8, 4) is 0 Å². The zero-order valence-electron chi connectivity index (χ0n) is 11.4. The Bertz CT molecular complexity index is 315. The van der Waals surface area contributed by atoms with Crippen molar-refractivity contribution in [3.05, 3.63) is 0 Å². The molecule has 1 saturated heterocycles. The van der Waals surface area contributed by atoms with Crippen LogP contribution in [0.1, 0.15) is 53.4 Å². The normalized spacial score (nSPS) is 44.7. The van der Waals surface area contributed by atoms with Crippen molar-refractivity contribution in [3.63, 3.8) is 0 Å². The van der Waals surface area contributed by atoms with E-state index in [0.717, 1.165) is 19.3 Å². The fourth-order valence-corrected chi connectivity index (χ4v) is 3.60. The van der Waals surface area contributed by atoms with Crippen LogP contribution in [0.15, 0.2) is 0 Å². The van der Waals surface area contributed by atoms with E-state index in [1.807, 2.05) is 13.8 Å². The van der Waals surface area contributed by atoms with E-state index in [9.17, 15) is 4.79 Å². The van der Waals surface area contributed by atoms with E-state index >= 15 is 0 Å². The second-order valence-electron chi connectivity index (χ2n) is 5.55. The van der Waals surface area contributed by atoms with Gasteiger partial charge in [-0.15, -0.1) is 0 Å². The van der Waals surface area contributed by atoms with E-state index in [-0.39, 0.29) is 11.6 Å². The average Bonchev–Trinajstić information content (AvgIpc) is 2.97. The maximum Gasteiger partial charge on any atom is 0.341 e. The van der Waals surface area contributed by atoms with E-state index in [1.165, 1.54) is 6.42 Å². The van der Waals surface area contributed by atoms with Crippen molar-refractivity contribution in [2.24, 2.45) is 11.8 Å². The molecular weight excluding hydrogens is 216 g/mol. The van der Waals surface area contributed by atoms with Gasteiger partial charge in [0, 0.05) is 0 Å². The summed E-state index contributed by atoms with van der Waals surface area (Å²) in [5.41, 5.74) is -0.872. The SMILES string of the molecule is CCOC(=O)C1(CC)OC12CCCC(C)C2C. The van der Waals surface area contributed by atoms with Gasteiger partial charge in [0.15, 0.2) is 5.60 Å². The largest absolute Gasteiger partial charge is 0.464 e. The molecule has 2 fully saturated rings. The molecule has 1 aliphatic heterocycles. The monoisotopic (exact) mass is 240 g/mol. The standard InChI is InChI=1S/C14H24O3/c1-5-13(12(15)16-6-2)14(17-13)9-7-8-10(3)11(14)4/h10-11H,5-9H2,1-4H3. The van der Waals surface area contributed by atoms with Crippen molar-refractivity contribution in [2.45, 2.75) is 64.6 Å². The van der Waals surface area contributed by atoms with E-state index in [2.05, 4.69) is 13.8 Å². The zero-order chi connectivity index (χ0) is 12.7. The van der Waals surface area contributed by atoms with E-state index < -0.39 is 5.60 Å². The van der Waals surface area contributed by atoms with Gasteiger partial charge in [-0.25, -0.2) is 4.79 Å². The minimum Gasteiger partial charge on any atom is -0.464 e. The van der Waals surface area contributed by atoms with Crippen LogP contribution in [0, 0.1) is 11.8 Å². The summed E-state index contributed by atoms with van der Waals surface area (Å²) in [6.45, 7) is 8.80. The highest BCUT2D eigenvalue weighted by molar-refractivity contribution is 5.85. The van der Waals surface area contributed by atoms with Crippen LogP contribution in [-0.2, 0) is 14.3 Å². The fourth-order valence-electron chi connectivity index (χ4n) is 3.60. The summed E-state index contributed by atoms with van der Waals surface area (Å²) >= 11 is 0. The number of carbonyl (C=O) groups excluding carboxylic acids is 1. The van der Waals surface area contributed by atoms with Gasteiger partial charge >= 0.3 is 5.97 Å². The minimum atomic E-state index is -0.642. The van der Waals surface area contributed by atoms with Gasteiger partial charge in [-0.2, -0.15) is 0 Å². The molecule has 2 rings (SSSR count). The molecule has 17 heavy (non-hydrogen) atoms. The summed E-state index contributed by atoms with van der Waals surface area (Å²) in [7, 11) is 0. The molecule has 1 spiro atoms. The summed E-state index contributed by atoms with van der Waals surface area (Å²) in [5, 5.41) is 0. The molecule has 2 aliphatic rings. The van der Waals surface area contributed by atoms with Crippen molar-refractivity contribution in [2.75, 3.05) is 6.61 Å². The summed E-state index contributed by atoms with van der Waals surface area (Å²) in [5.74, 6) is 0.927. The lowest BCUT2D eigenvalue weighted by Crippen LogP contribution is -2.43. The van der Waals surface area contributed by atoms with Crippen LogP contribution >= 0.6 is 0 Å². The third kappa shape index (κ3) is 1.62. The average molecular weight is 240 g/mol. The molecule has 1 saturated carbocycles. The Morgan fingerprint density at radius 2 is 2.12 bits per heavy atom. The predicted octanol–water partition coefficient (Wildman–Crippen LogP) is 2.92. The molecule has 0 amide bonds. The van der Waals surface area contributed by atoms with Crippen molar-refractivity contribution >= 4 is 5.97 Å². The van der Waals surface area contributed by atoms with Gasteiger partial charge in [-0.3, -0.25) is 0 Å². The first kappa shape index (κ1) is 12.9. The molecule has 1 aliphatic carbocycles. The van der Waals surface area contributed by atoms with Crippen LogP contribution in [0.4, 0.5) is 0 Å². The molecule has 0 N–H and O–H groups in total. The Morgan fingerprint density at radius 3 is 2.71 bits per heavy atom. The molecule has 3 heteroatoms. The Labute approximate surface area is 104 Å². The minimum absolute atomic E-state index is 0.150. The molecule has 1 heterocycles. The first-order valence-corrected chi connectivity index (χ1v) is 6.91. The van der Waals surface area contributed by atoms with Gasteiger partial charge in [0.25, 0.3) is 0 Å². The smallest absolute Gasteiger partial charge is 0.341 e. The van der Waals surface area contributed by atoms with Gasteiger partial charge in [0.2, 0.25) is 0 Å². The summed E-state index contributed by atoms with van der Waals surface area (Å²) < 4.78 is 11.2. The Balaban J connectivity index is 2.21. The van der Waals surface area contributed by atoms with E-state index in [4.69, 9.17) is 9.47 Å². The fraction of sp³-hybridized carbons (Fsp3) is 0.929. The lowest BCUT2D eigenvalue weighted by molar-refractivity contribution is -0.149. The third-order valence-electron chi connectivity index (χ3n) is 4.90. The highest BCUT2D eigenvalue weighted by Gasteiger charge is 2.76. The number of carbonyl (C=O) groups is 1. The lowest BCUT2D eigenvalue weighted by Gasteiger charge is -2.33. The molecule has 0 aromatic carbocycles. The topological polar surface area (TPSA) is 38.8 Å². The zero-order valence-corrected chi connectivity index (χ0v) is 11.4. The van der Waals surface area contributed by atoms with Crippen LogP contribution in [0.3, 0.4) is 0 Å².